The summed E-state index contributed by atoms with van der Waals surface area (Å²) < 4.78 is 5.02. The first-order chi connectivity index (χ1) is 7.10. The summed E-state index contributed by atoms with van der Waals surface area (Å²) in [7, 11) is 1.74. The third-order valence-electron chi connectivity index (χ3n) is 2.49. The highest BCUT2D eigenvalue weighted by Crippen LogP contribution is 2.02. The highest BCUT2D eigenvalue weighted by Gasteiger charge is 2.09. The van der Waals surface area contributed by atoms with Gasteiger partial charge in [-0.05, 0) is 25.3 Å². The van der Waals surface area contributed by atoms with Crippen molar-refractivity contribution < 1.29 is 4.74 Å². The third kappa shape index (κ3) is 8.85. The molecule has 0 saturated heterocycles. The predicted molar refractivity (Wildman–Crippen MR) is 66.0 cm³/mol. The van der Waals surface area contributed by atoms with E-state index >= 15 is 0 Å². The van der Waals surface area contributed by atoms with Crippen LogP contribution in [0.25, 0.3) is 0 Å². The lowest BCUT2D eigenvalue weighted by molar-refractivity contribution is 0.183. The Bertz CT molecular complexity index is 140. The van der Waals surface area contributed by atoms with E-state index in [1.165, 1.54) is 0 Å². The zero-order chi connectivity index (χ0) is 11.7. The molecule has 0 aromatic carbocycles. The molecule has 3 nitrogen and oxygen atoms in total. The molecule has 0 aliphatic heterocycles. The van der Waals surface area contributed by atoms with Gasteiger partial charge in [0.1, 0.15) is 0 Å². The molecule has 0 aliphatic carbocycles. The molecule has 0 saturated carbocycles. The van der Waals surface area contributed by atoms with Crippen LogP contribution in [0.5, 0.6) is 0 Å². The van der Waals surface area contributed by atoms with Crippen LogP contribution in [0, 0.1) is 5.92 Å². The summed E-state index contributed by atoms with van der Waals surface area (Å²) in [5, 5.41) is 0. The lowest BCUT2D eigenvalue weighted by Crippen LogP contribution is -2.39. The van der Waals surface area contributed by atoms with Gasteiger partial charge < -0.3 is 15.4 Å². The van der Waals surface area contributed by atoms with E-state index in [0.717, 1.165) is 45.0 Å². The molecule has 1 atom stereocenters. The molecule has 0 fully saturated rings. The average molecular weight is 216 g/mol. The minimum absolute atomic E-state index is 0.291. The number of methoxy groups -OCH3 is 1. The van der Waals surface area contributed by atoms with Gasteiger partial charge >= 0.3 is 0 Å². The molecular weight excluding hydrogens is 188 g/mol. The Morgan fingerprint density at radius 3 is 2.40 bits per heavy atom. The lowest BCUT2D eigenvalue weighted by Gasteiger charge is -2.25. The zero-order valence-corrected chi connectivity index (χ0v) is 10.8. The van der Waals surface area contributed by atoms with E-state index in [4.69, 9.17) is 10.5 Å². The number of hydrogen-bond donors (Lipinski definition) is 1. The standard InChI is InChI=1S/C12H28N2O/c1-5-14(9-11(2)3)10-12(13)7-6-8-15-4/h11-12H,5-10,13H2,1-4H3. The maximum absolute atomic E-state index is 6.07. The molecule has 15 heavy (non-hydrogen) atoms. The first-order valence-electron chi connectivity index (χ1n) is 6.07. The summed E-state index contributed by atoms with van der Waals surface area (Å²) in [5.41, 5.74) is 6.07. The summed E-state index contributed by atoms with van der Waals surface area (Å²) in [6.45, 7) is 10.8. The quantitative estimate of drug-likeness (QED) is 0.596. The third-order valence-corrected chi connectivity index (χ3v) is 2.49. The Hall–Kier alpha value is -0.120. The van der Waals surface area contributed by atoms with Crippen LogP contribution in [0.2, 0.25) is 0 Å². The molecule has 92 valence electrons. The highest BCUT2D eigenvalue weighted by atomic mass is 16.5. The van der Waals surface area contributed by atoms with Crippen molar-refractivity contribution >= 4 is 0 Å². The van der Waals surface area contributed by atoms with E-state index in [2.05, 4.69) is 25.7 Å². The molecule has 0 heterocycles. The van der Waals surface area contributed by atoms with E-state index in [1.807, 2.05) is 0 Å². The van der Waals surface area contributed by atoms with Gasteiger partial charge in [0.15, 0.2) is 0 Å². The second-order valence-corrected chi connectivity index (χ2v) is 4.64. The van der Waals surface area contributed by atoms with Crippen molar-refractivity contribution in [3.05, 3.63) is 0 Å². The number of rotatable bonds is 9. The maximum Gasteiger partial charge on any atom is 0.0462 e. The van der Waals surface area contributed by atoms with Crippen molar-refractivity contribution in [2.24, 2.45) is 11.7 Å². The molecule has 0 rings (SSSR count). The molecule has 3 heteroatoms. The average Bonchev–Trinajstić information content (AvgIpc) is 2.16. The van der Waals surface area contributed by atoms with Gasteiger partial charge in [0.05, 0.1) is 0 Å². The van der Waals surface area contributed by atoms with E-state index in [1.54, 1.807) is 7.11 Å². The molecule has 0 aliphatic rings. The molecule has 0 radical (unpaired) electrons. The molecule has 2 N–H and O–H groups in total. The van der Waals surface area contributed by atoms with Gasteiger partial charge in [0.25, 0.3) is 0 Å². The molecule has 0 aromatic heterocycles. The van der Waals surface area contributed by atoms with Crippen molar-refractivity contribution in [1.82, 2.24) is 4.90 Å². The maximum atomic E-state index is 6.07. The number of nitrogens with zero attached hydrogens (tertiary/aromatic N) is 1. The van der Waals surface area contributed by atoms with Crippen LogP contribution in [0.4, 0.5) is 0 Å². The van der Waals surface area contributed by atoms with E-state index < -0.39 is 0 Å². The second kappa shape index (κ2) is 9.13. The van der Waals surface area contributed by atoms with Crippen LogP contribution in [0.3, 0.4) is 0 Å². The summed E-state index contributed by atoms with van der Waals surface area (Å²) in [5.74, 6) is 0.719. The molecule has 0 bridgehead atoms. The van der Waals surface area contributed by atoms with Gasteiger partial charge in [0.2, 0.25) is 0 Å². The number of hydrogen-bond acceptors (Lipinski definition) is 3. The Labute approximate surface area is 95.0 Å². The predicted octanol–water partition coefficient (Wildman–Crippen LogP) is 1.72. The molecule has 1 unspecified atom stereocenters. The summed E-state index contributed by atoms with van der Waals surface area (Å²) in [6.07, 6.45) is 2.12. The van der Waals surface area contributed by atoms with Crippen molar-refractivity contribution in [1.29, 1.82) is 0 Å². The monoisotopic (exact) mass is 216 g/mol. The fourth-order valence-electron chi connectivity index (χ4n) is 1.76. The molecular formula is C12H28N2O. The fourth-order valence-corrected chi connectivity index (χ4v) is 1.76. The van der Waals surface area contributed by atoms with E-state index in [-0.39, 0.29) is 0 Å². The second-order valence-electron chi connectivity index (χ2n) is 4.64. The molecule has 0 amide bonds. The fraction of sp³-hybridized carbons (Fsp3) is 1.00. The Balaban J connectivity index is 3.65. The Morgan fingerprint density at radius 2 is 1.93 bits per heavy atom. The van der Waals surface area contributed by atoms with E-state index in [0.29, 0.717) is 6.04 Å². The van der Waals surface area contributed by atoms with Gasteiger partial charge in [-0.3, -0.25) is 0 Å². The minimum Gasteiger partial charge on any atom is -0.385 e. The van der Waals surface area contributed by atoms with E-state index in [9.17, 15) is 0 Å². The Kier molecular flexibility index (Phi) is 9.06. The number of likely N-dealkylation sites (N-methyl/N-ethyl adjacent to an activating group) is 1. The zero-order valence-electron chi connectivity index (χ0n) is 10.8. The Morgan fingerprint density at radius 1 is 1.27 bits per heavy atom. The van der Waals surface area contributed by atoms with Crippen LogP contribution in [0.15, 0.2) is 0 Å². The first kappa shape index (κ1) is 14.9. The molecule has 0 spiro atoms. The van der Waals surface area contributed by atoms with Crippen molar-refractivity contribution in [2.75, 3.05) is 33.4 Å². The largest absolute Gasteiger partial charge is 0.385 e. The summed E-state index contributed by atoms with van der Waals surface area (Å²) in [4.78, 5) is 2.43. The van der Waals surface area contributed by atoms with Gasteiger partial charge in [0, 0.05) is 32.8 Å². The van der Waals surface area contributed by atoms with Gasteiger partial charge in [-0.25, -0.2) is 0 Å². The summed E-state index contributed by atoms with van der Waals surface area (Å²) in [6, 6.07) is 0.291. The topological polar surface area (TPSA) is 38.5 Å². The lowest BCUT2D eigenvalue weighted by atomic mass is 10.1. The van der Waals surface area contributed by atoms with Gasteiger partial charge in [-0.2, -0.15) is 0 Å². The summed E-state index contributed by atoms with van der Waals surface area (Å²) >= 11 is 0. The normalized spacial score (nSPS) is 13.8. The van der Waals surface area contributed by atoms with Crippen molar-refractivity contribution in [3.63, 3.8) is 0 Å². The van der Waals surface area contributed by atoms with Gasteiger partial charge in [-0.15, -0.1) is 0 Å². The van der Waals surface area contributed by atoms with Crippen LogP contribution in [0.1, 0.15) is 33.6 Å². The number of ether oxygens (including phenoxy) is 1. The SMILES string of the molecule is CCN(CC(C)C)CC(N)CCCOC. The smallest absolute Gasteiger partial charge is 0.0462 e. The van der Waals surface area contributed by atoms with Crippen molar-refractivity contribution in [3.8, 4) is 0 Å². The van der Waals surface area contributed by atoms with Crippen LogP contribution in [-0.4, -0.2) is 44.3 Å². The van der Waals surface area contributed by atoms with Crippen LogP contribution >= 0.6 is 0 Å². The van der Waals surface area contributed by atoms with Crippen LogP contribution in [-0.2, 0) is 4.74 Å². The molecule has 0 aromatic rings. The highest BCUT2D eigenvalue weighted by molar-refractivity contribution is 4.68. The van der Waals surface area contributed by atoms with Crippen molar-refractivity contribution in [2.45, 2.75) is 39.7 Å². The van der Waals surface area contributed by atoms with Crippen LogP contribution < -0.4 is 5.73 Å². The number of nitrogens with two attached hydrogens (primary N) is 1. The first-order valence-corrected chi connectivity index (χ1v) is 6.07. The van der Waals surface area contributed by atoms with Gasteiger partial charge in [-0.1, -0.05) is 20.8 Å². The minimum atomic E-state index is 0.291.